The molecule has 0 fully saturated rings. The molecule has 17 heavy (non-hydrogen) atoms. The number of hydrogen-bond donors (Lipinski definition) is 1. The molecule has 0 saturated heterocycles. The first-order valence-corrected chi connectivity index (χ1v) is 5.59. The lowest BCUT2D eigenvalue weighted by Gasteiger charge is -2.04. The van der Waals surface area contributed by atoms with Gasteiger partial charge < -0.3 is 5.11 Å². The van der Waals surface area contributed by atoms with Gasteiger partial charge in [0.05, 0.1) is 5.56 Å². The van der Waals surface area contributed by atoms with Gasteiger partial charge in [0.15, 0.2) is 0 Å². The zero-order chi connectivity index (χ0) is 12.3. The quantitative estimate of drug-likeness (QED) is 0.908. The van der Waals surface area contributed by atoms with Crippen LogP contribution in [0.2, 0.25) is 0 Å². The fraction of sp³-hybridized carbons (Fsp3) is 0. The summed E-state index contributed by atoms with van der Waals surface area (Å²) in [5.74, 6) is -1.34. The minimum Gasteiger partial charge on any atom is -0.478 e. The van der Waals surface area contributed by atoms with Gasteiger partial charge in [-0.3, -0.25) is 4.98 Å². The van der Waals surface area contributed by atoms with Crippen molar-refractivity contribution in [3.8, 4) is 0 Å². The highest BCUT2D eigenvalue weighted by molar-refractivity contribution is 7.99. The van der Waals surface area contributed by atoms with Crippen molar-refractivity contribution in [2.24, 2.45) is 0 Å². The summed E-state index contributed by atoms with van der Waals surface area (Å²) in [7, 11) is 0. The number of carbonyl (C=O) groups is 1. The molecule has 1 heterocycles. The SMILES string of the molecule is O=C(O)c1cnccc1Sc1ccc(F)cc1. The van der Waals surface area contributed by atoms with Gasteiger partial charge >= 0.3 is 5.97 Å². The third-order valence-corrected chi connectivity index (χ3v) is 3.14. The minimum atomic E-state index is -1.03. The summed E-state index contributed by atoms with van der Waals surface area (Å²) in [6, 6.07) is 7.50. The Morgan fingerprint density at radius 3 is 2.59 bits per heavy atom. The zero-order valence-corrected chi connectivity index (χ0v) is 9.45. The molecule has 0 atom stereocenters. The highest BCUT2D eigenvalue weighted by Crippen LogP contribution is 2.29. The van der Waals surface area contributed by atoms with Crippen LogP contribution >= 0.6 is 11.8 Å². The monoisotopic (exact) mass is 249 g/mol. The number of pyridine rings is 1. The Morgan fingerprint density at radius 2 is 1.94 bits per heavy atom. The highest BCUT2D eigenvalue weighted by atomic mass is 32.2. The second-order valence-corrected chi connectivity index (χ2v) is 4.35. The van der Waals surface area contributed by atoms with Crippen LogP contribution in [0.1, 0.15) is 10.4 Å². The summed E-state index contributed by atoms with van der Waals surface area (Å²) in [6.45, 7) is 0. The highest BCUT2D eigenvalue weighted by Gasteiger charge is 2.10. The number of carboxylic acid groups (broad SMARTS) is 1. The summed E-state index contributed by atoms with van der Waals surface area (Å²) in [5, 5.41) is 8.97. The number of hydrogen-bond acceptors (Lipinski definition) is 3. The number of halogens is 1. The Labute approximate surface area is 101 Å². The van der Waals surface area contributed by atoms with Gasteiger partial charge in [-0.2, -0.15) is 0 Å². The summed E-state index contributed by atoms with van der Waals surface area (Å²) < 4.78 is 12.7. The van der Waals surface area contributed by atoms with Crippen molar-refractivity contribution in [3.05, 3.63) is 54.1 Å². The standard InChI is InChI=1S/C12H8FNO2S/c13-8-1-3-9(4-2-8)17-11-5-6-14-7-10(11)12(15)16/h1-7H,(H,15,16). The molecular formula is C12H8FNO2S. The number of aromatic nitrogens is 1. The summed E-state index contributed by atoms with van der Waals surface area (Å²) in [4.78, 5) is 16.1. The third-order valence-electron chi connectivity index (χ3n) is 2.05. The van der Waals surface area contributed by atoms with Crippen LogP contribution in [0, 0.1) is 5.82 Å². The van der Waals surface area contributed by atoms with Crippen LogP contribution < -0.4 is 0 Å². The number of aromatic carboxylic acids is 1. The molecule has 2 rings (SSSR count). The molecule has 0 aliphatic rings. The molecule has 0 bridgehead atoms. The van der Waals surface area contributed by atoms with Gasteiger partial charge in [-0.15, -0.1) is 0 Å². The maximum atomic E-state index is 12.7. The largest absolute Gasteiger partial charge is 0.478 e. The molecule has 86 valence electrons. The van der Waals surface area contributed by atoms with Crippen LogP contribution in [0.4, 0.5) is 4.39 Å². The van der Waals surface area contributed by atoms with Crippen molar-refractivity contribution in [3.63, 3.8) is 0 Å². The smallest absolute Gasteiger partial charge is 0.338 e. The zero-order valence-electron chi connectivity index (χ0n) is 8.63. The van der Waals surface area contributed by atoms with E-state index in [1.807, 2.05) is 0 Å². The van der Waals surface area contributed by atoms with Crippen LogP contribution in [0.15, 0.2) is 52.5 Å². The Hall–Kier alpha value is -1.88. The molecule has 0 spiro atoms. The van der Waals surface area contributed by atoms with Gasteiger partial charge in [0.2, 0.25) is 0 Å². The number of nitrogens with zero attached hydrogens (tertiary/aromatic N) is 1. The molecule has 1 N–H and O–H groups in total. The summed E-state index contributed by atoms with van der Waals surface area (Å²) in [5.41, 5.74) is 0.141. The van der Waals surface area contributed by atoms with E-state index >= 15 is 0 Å². The molecule has 1 aromatic heterocycles. The van der Waals surface area contributed by atoms with E-state index in [4.69, 9.17) is 5.11 Å². The van der Waals surface area contributed by atoms with Crippen LogP contribution in [0.5, 0.6) is 0 Å². The van der Waals surface area contributed by atoms with Gasteiger partial charge in [0, 0.05) is 22.2 Å². The van der Waals surface area contributed by atoms with E-state index in [1.54, 1.807) is 18.2 Å². The maximum Gasteiger partial charge on any atom is 0.338 e. The van der Waals surface area contributed by atoms with Gasteiger partial charge in [0.25, 0.3) is 0 Å². The maximum absolute atomic E-state index is 12.7. The van der Waals surface area contributed by atoms with Gasteiger partial charge in [0.1, 0.15) is 5.82 Å². The Balaban J connectivity index is 2.30. The van der Waals surface area contributed by atoms with Crippen LogP contribution in [0.3, 0.4) is 0 Å². The molecule has 0 saturated carbocycles. The average molecular weight is 249 g/mol. The van der Waals surface area contributed by atoms with E-state index in [-0.39, 0.29) is 11.4 Å². The van der Waals surface area contributed by atoms with E-state index < -0.39 is 5.97 Å². The number of benzene rings is 1. The fourth-order valence-corrected chi connectivity index (χ4v) is 2.17. The lowest BCUT2D eigenvalue weighted by Crippen LogP contribution is -1.99. The summed E-state index contributed by atoms with van der Waals surface area (Å²) in [6.07, 6.45) is 2.83. The molecule has 0 amide bonds. The second kappa shape index (κ2) is 4.97. The third kappa shape index (κ3) is 2.82. The molecular weight excluding hydrogens is 241 g/mol. The Bertz CT molecular complexity index is 542. The predicted octanol–water partition coefficient (Wildman–Crippen LogP) is 3.07. The number of rotatable bonds is 3. The first-order valence-electron chi connectivity index (χ1n) is 4.77. The van der Waals surface area contributed by atoms with E-state index in [0.717, 1.165) is 4.90 Å². The van der Waals surface area contributed by atoms with E-state index in [9.17, 15) is 9.18 Å². The molecule has 5 heteroatoms. The van der Waals surface area contributed by atoms with E-state index in [1.165, 1.54) is 36.3 Å². The molecule has 3 nitrogen and oxygen atoms in total. The average Bonchev–Trinajstić information content (AvgIpc) is 2.32. The predicted molar refractivity (Wildman–Crippen MR) is 61.7 cm³/mol. The van der Waals surface area contributed by atoms with Crippen LogP contribution in [0.25, 0.3) is 0 Å². The molecule has 0 aliphatic carbocycles. The van der Waals surface area contributed by atoms with E-state index in [0.29, 0.717) is 4.90 Å². The topological polar surface area (TPSA) is 50.2 Å². The van der Waals surface area contributed by atoms with Crippen molar-refractivity contribution < 1.29 is 14.3 Å². The van der Waals surface area contributed by atoms with Crippen molar-refractivity contribution in [1.82, 2.24) is 4.98 Å². The lowest BCUT2D eigenvalue weighted by molar-refractivity contribution is 0.0692. The molecule has 1 aromatic carbocycles. The first kappa shape index (κ1) is 11.6. The van der Waals surface area contributed by atoms with Gasteiger partial charge in [-0.25, -0.2) is 9.18 Å². The van der Waals surface area contributed by atoms with E-state index in [2.05, 4.69) is 4.98 Å². The molecule has 0 aliphatic heterocycles. The number of carboxylic acids is 1. The van der Waals surface area contributed by atoms with Crippen molar-refractivity contribution in [2.75, 3.05) is 0 Å². The van der Waals surface area contributed by atoms with Gasteiger partial charge in [-0.1, -0.05) is 11.8 Å². The molecule has 0 radical (unpaired) electrons. The Morgan fingerprint density at radius 1 is 1.24 bits per heavy atom. The van der Waals surface area contributed by atoms with Crippen molar-refractivity contribution >= 4 is 17.7 Å². The summed E-state index contributed by atoms with van der Waals surface area (Å²) >= 11 is 1.26. The molecule has 0 unspecified atom stereocenters. The van der Waals surface area contributed by atoms with Gasteiger partial charge in [-0.05, 0) is 30.3 Å². The minimum absolute atomic E-state index is 0.141. The first-order chi connectivity index (χ1) is 8.16. The van der Waals surface area contributed by atoms with Crippen LogP contribution in [-0.4, -0.2) is 16.1 Å². The normalized spacial score (nSPS) is 10.2. The molecule has 2 aromatic rings. The Kier molecular flexibility index (Phi) is 3.39. The fourth-order valence-electron chi connectivity index (χ4n) is 1.26. The second-order valence-electron chi connectivity index (χ2n) is 3.23. The van der Waals surface area contributed by atoms with Crippen molar-refractivity contribution in [1.29, 1.82) is 0 Å². The lowest BCUT2D eigenvalue weighted by atomic mass is 10.3. The van der Waals surface area contributed by atoms with Crippen molar-refractivity contribution in [2.45, 2.75) is 9.79 Å². The van der Waals surface area contributed by atoms with Crippen LogP contribution in [-0.2, 0) is 0 Å².